The second-order valence-corrected chi connectivity index (χ2v) is 4.57. The third-order valence-electron chi connectivity index (χ3n) is 3.28. The third-order valence-corrected chi connectivity index (χ3v) is 3.28. The fraction of sp³-hybridized carbons (Fsp3) is 0.500. The predicted octanol–water partition coefficient (Wildman–Crippen LogP) is 2.53. The van der Waals surface area contributed by atoms with Crippen LogP contribution in [-0.2, 0) is 16.0 Å². The van der Waals surface area contributed by atoms with Gasteiger partial charge in [-0.3, -0.25) is 4.79 Å². The van der Waals surface area contributed by atoms with E-state index in [0.717, 1.165) is 24.2 Å². The van der Waals surface area contributed by atoms with Crippen LogP contribution in [0.1, 0.15) is 25.8 Å². The van der Waals surface area contributed by atoms with Gasteiger partial charge in [-0.2, -0.15) is 0 Å². The molecule has 0 aromatic heterocycles. The molecular weight excluding hydrogens is 233 g/mol. The highest BCUT2D eigenvalue weighted by atomic mass is 19.1. The Balaban J connectivity index is 2.08. The summed E-state index contributed by atoms with van der Waals surface area (Å²) in [4.78, 5) is 13.5. The number of fused-ring (bicyclic) bond motifs is 1. The zero-order valence-electron chi connectivity index (χ0n) is 10.8. The first-order valence-electron chi connectivity index (χ1n) is 6.32. The zero-order chi connectivity index (χ0) is 13.1. The molecule has 0 fully saturated rings. The first kappa shape index (κ1) is 12.9. The Hall–Kier alpha value is -1.58. The molecule has 2 rings (SSSR count). The van der Waals surface area contributed by atoms with E-state index >= 15 is 0 Å². The van der Waals surface area contributed by atoms with Crippen molar-refractivity contribution in [3.05, 3.63) is 29.6 Å². The Morgan fingerprint density at radius 1 is 1.56 bits per heavy atom. The van der Waals surface area contributed by atoms with Gasteiger partial charge in [0.05, 0.1) is 13.0 Å². The summed E-state index contributed by atoms with van der Waals surface area (Å²) in [6.07, 6.45) is 1.24. The van der Waals surface area contributed by atoms with Gasteiger partial charge in [-0.15, -0.1) is 0 Å². The van der Waals surface area contributed by atoms with E-state index in [-0.39, 0.29) is 17.8 Å². The molecule has 0 bridgehead atoms. The maximum Gasteiger partial charge on any atom is 0.307 e. The molecule has 0 N–H and O–H groups in total. The van der Waals surface area contributed by atoms with Crippen molar-refractivity contribution in [1.82, 2.24) is 0 Å². The van der Waals surface area contributed by atoms with Crippen LogP contribution in [0.4, 0.5) is 10.1 Å². The number of halogens is 1. The third kappa shape index (κ3) is 2.63. The van der Waals surface area contributed by atoms with Gasteiger partial charge in [0.15, 0.2) is 0 Å². The Morgan fingerprint density at radius 3 is 3.06 bits per heavy atom. The Morgan fingerprint density at radius 2 is 2.33 bits per heavy atom. The average molecular weight is 251 g/mol. The van der Waals surface area contributed by atoms with Crippen molar-refractivity contribution in [3.8, 4) is 0 Å². The molecule has 0 spiro atoms. The average Bonchev–Trinajstić information content (AvgIpc) is 2.71. The molecule has 4 heteroatoms. The van der Waals surface area contributed by atoms with Crippen LogP contribution in [0.2, 0.25) is 0 Å². The molecule has 0 saturated heterocycles. The fourth-order valence-electron chi connectivity index (χ4n) is 2.41. The van der Waals surface area contributed by atoms with Crippen molar-refractivity contribution < 1.29 is 13.9 Å². The van der Waals surface area contributed by atoms with Gasteiger partial charge in [-0.1, -0.05) is 6.07 Å². The maximum atomic E-state index is 13.3. The topological polar surface area (TPSA) is 29.5 Å². The molecule has 18 heavy (non-hydrogen) atoms. The second-order valence-electron chi connectivity index (χ2n) is 4.57. The molecule has 1 heterocycles. The van der Waals surface area contributed by atoms with Crippen molar-refractivity contribution in [2.24, 2.45) is 0 Å². The quantitative estimate of drug-likeness (QED) is 0.770. The minimum Gasteiger partial charge on any atom is -0.466 e. The van der Waals surface area contributed by atoms with E-state index < -0.39 is 0 Å². The lowest BCUT2D eigenvalue weighted by molar-refractivity contribution is -0.143. The van der Waals surface area contributed by atoms with Gasteiger partial charge in [0.2, 0.25) is 0 Å². The molecule has 1 aliphatic heterocycles. The van der Waals surface area contributed by atoms with Crippen LogP contribution >= 0.6 is 0 Å². The van der Waals surface area contributed by atoms with Gasteiger partial charge in [0.1, 0.15) is 5.82 Å². The number of carbonyl (C=O) groups is 1. The van der Waals surface area contributed by atoms with E-state index in [1.165, 1.54) is 6.07 Å². The van der Waals surface area contributed by atoms with Crippen LogP contribution in [0, 0.1) is 5.82 Å². The van der Waals surface area contributed by atoms with Gasteiger partial charge < -0.3 is 9.64 Å². The van der Waals surface area contributed by atoms with Gasteiger partial charge in [0, 0.05) is 18.3 Å². The number of nitrogens with zero attached hydrogens (tertiary/aromatic N) is 1. The number of benzene rings is 1. The molecule has 1 unspecified atom stereocenters. The summed E-state index contributed by atoms with van der Waals surface area (Å²) in [6, 6.07) is 4.89. The number of anilines is 1. The van der Waals surface area contributed by atoms with Crippen LogP contribution in [0.5, 0.6) is 0 Å². The standard InChI is InChI=1S/C14H18FNO2/c1-3-18-14(17)8-10(2)16-7-6-11-4-5-12(15)9-13(11)16/h4-5,9-10H,3,6-8H2,1-2H3. The Labute approximate surface area is 107 Å². The molecule has 3 nitrogen and oxygen atoms in total. The first-order chi connectivity index (χ1) is 8.61. The summed E-state index contributed by atoms with van der Waals surface area (Å²) in [5.74, 6) is -0.432. The highest BCUT2D eigenvalue weighted by Crippen LogP contribution is 2.31. The monoisotopic (exact) mass is 251 g/mol. The van der Waals surface area contributed by atoms with Crippen LogP contribution < -0.4 is 4.90 Å². The van der Waals surface area contributed by atoms with Crippen LogP contribution in [0.15, 0.2) is 18.2 Å². The van der Waals surface area contributed by atoms with Crippen molar-refractivity contribution in [1.29, 1.82) is 0 Å². The number of hydrogen-bond donors (Lipinski definition) is 0. The minimum atomic E-state index is -0.232. The largest absolute Gasteiger partial charge is 0.466 e. The molecule has 98 valence electrons. The molecule has 0 saturated carbocycles. The number of rotatable bonds is 4. The lowest BCUT2D eigenvalue weighted by atomic mass is 10.1. The highest BCUT2D eigenvalue weighted by Gasteiger charge is 2.25. The number of esters is 1. The van der Waals surface area contributed by atoms with Crippen molar-refractivity contribution in [2.75, 3.05) is 18.1 Å². The maximum absolute atomic E-state index is 13.3. The number of carbonyl (C=O) groups excluding carboxylic acids is 1. The summed E-state index contributed by atoms with van der Waals surface area (Å²) in [6.45, 7) is 5.00. The number of hydrogen-bond acceptors (Lipinski definition) is 3. The summed E-state index contributed by atoms with van der Waals surface area (Å²) in [5, 5.41) is 0. The Bertz CT molecular complexity index is 447. The molecule has 0 amide bonds. The van der Waals surface area contributed by atoms with E-state index in [9.17, 15) is 9.18 Å². The molecular formula is C14H18FNO2. The molecule has 1 aliphatic rings. The molecule has 0 radical (unpaired) electrons. The van der Waals surface area contributed by atoms with E-state index in [4.69, 9.17) is 4.74 Å². The number of ether oxygens (including phenoxy) is 1. The van der Waals surface area contributed by atoms with Crippen molar-refractivity contribution in [3.63, 3.8) is 0 Å². The van der Waals surface area contributed by atoms with Gasteiger partial charge in [-0.05, 0) is 38.0 Å². The van der Waals surface area contributed by atoms with Crippen LogP contribution in [0.3, 0.4) is 0 Å². The van der Waals surface area contributed by atoms with E-state index in [1.54, 1.807) is 13.0 Å². The summed E-state index contributed by atoms with van der Waals surface area (Å²) in [7, 11) is 0. The molecule has 0 aliphatic carbocycles. The van der Waals surface area contributed by atoms with Gasteiger partial charge >= 0.3 is 5.97 Å². The first-order valence-corrected chi connectivity index (χ1v) is 6.32. The van der Waals surface area contributed by atoms with Crippen molar-refractivity contribution >= 4 is 11.7 Å². The predicted molar refractivity (Wildman–Crippen MR) is 68.2 cm³/mol. The summed E-state index contributed by atoms with van der Waals surface area (Å²) < 4.78 is 18.2. The van der Waals surface area contributed by atoms with Crippen LogP contribution in [0.25, 0.3) is 0 Å². The van der Waals surface area contributed by atoms with Gasteiger partial charge in [-0.25, -0.2) is 4.39 Å². The summed E-state index contributed by atoms with van der Waals surface area (Å²) >= 11 is 0. The van der Waals surface area contributed by atoms with E-state index in [1.807, 2.05) is 13.0 Å². The van der Waals surface area contributed by atoms with E-state index in [0.29, 0.717) is 13.0 Å². The smallest absolute Gasteiger partial charge is 0.307 e. The fourth-order valence-corrected chi connectivity index (χ4v) is 2.41. The lowest BCUT2D eigenvalue weighted by Gasteiger charge is -2.26. The van der Waals surface area contributed by atoms with Crippen LogP contribution in [-0.4, -0.2) is 25.2 Å². The minimum absolute atomic E-state index is 0.0344. The highest BCUT2D eigenvalue weighted by molar-refractivity contribution is 5.71. The molecule has 1 aromatic rings. The summed E-state index contributed by atoms with van der Waals surface area (Å²) in [5.41, 5.74) is 2.05. The zero-order valence-corrected chi connectivity index (χ0v) is 10.8. The second kappa shape index (κ2) is 5.38. The lowest BCUT2D eigenvalue weighted by Crippen LogP contribution is -2.33. The Kier molecular flexibility index (Phi) is 3.84. The van der Waals surface area contributed by atoms with E-state index in [2.05, 4.69) is 4.90 Å². The normalized spacial score (nSPS) is 15.4. The molecule has 1 aromatic carbocycles. The van der Waals surface area contributed by atoms with Crippen molar-refractivity contribution in [2.45, 2.75) is 32.7 Å². The SMILES string of the molecule is CCOC(=O)CC(C)N1CCc2ccc(F)cc21. The van der Waals surface area contributed by atoms with Gasteiger partial charge in [0.25, 0.3) is 0 Å². The molecule has 1 atom stereocenters.